The van der Waals surface area contributed by atoms with E-state index in [9.17, 15) is 24.9 Å². The Morgan fingerprint density at radius 1 is 0.857 bits per heavy atom. The van der Waals surface area contributed by atoms with E-state index in [2.05, 4.69) is 25.2 Å². The average Bonchev–Trinajstić information content (AvgIpc) is 3.33. The van der Waals surface area contributed by atoms with Gasteiger partial charge in [0.2, 0.25) is 5.91 Å². The quantitative estimate of drug-likeness (QED) is 0.0628. The third-order valence-corrected chi connectivity index (χ3v) is 8.05. The van der Waals surface area contributed by atoms with E-state index >= 15 is 0 Å². The van der Waals surface area contributed by atoms with Crippen LogP contribution in [0.4, 0.5) is 0 Å². The van der Waals surface area contributed by atoms with E-state index in [1.54, 1.807) is 18.2 Å². The van der Waals surface area contributed by atoms with Gasteiger partial charge in [-0.15, -0.1) is 0 Å². The maximum absolute atomic E-state index is 12.4. The first-order valence-electron chi connectivity index (χ1n) is 16.9. The predicted molar refractivity (Wildman–Crippen MR) is 174 cm³/mol. The zero-order valence-corrected chi connectivity index (χ0v) is 26.6. The molecule has 1 aliphatic carbocycles. The van der Waals surface area contributed by atoms with Gasteiger partial charge in [-0.25, -0.2) is 0 Å². The number of unbranched alkanes of at least 4 members (excludes halogenated alkanes) is 12. The van der Waals surface area contributed by atoms with E-state index in [1.807, 2.05) is 24.3 Å². The van der Waals surface area contributed by atoms with Crippen LogP contribution in [0.1, 0.15) is 129 Å². The summed E-state index contributed by atoms with van der Waals surface area (Å²) in [6.07, 6.45) is 32.3. The predicted octanol–water partition coefficient (Wildman–Crippen LogP) is 7.29. The molecule has 0 aromatic rings. The second kappa shape index (κ2) is 25.5. The second-order valence-electron chi connectivity index (χ2n) is 11.9. The Morgan fingerprint density at radius 2 is 1.50 bits per heavy atom. The molecule has 0 bridgehead atoms. The molecule has 0 aromatic heterocycles. The number of allylic oxidation sites excluding steroid dienone is 6. The number of ketones is 1. The minimum Gasteiger partial charge on any atom is -0.394 e. The normalized spacial score (nSPS) is 19.4. The molecule has 1 aliphatic rings. The van der Waals surface area contributed by atoms with Crippen LogP contribution in [0, 0.1) is 11.8 Å². The van der Waals surface area contributed by atoms with Crippen LogP contribution >= 0.6 is 0 Å². The molecule has 0 fully saturated rings. The van der Waals surface area contributed by atoms with Crippen molar-refractivity contribution in [2.24, 2.45) is 11.8 Å². The molecular weight excluding hydrogens is 526 g/mol. The summed E-state index contributed by atoms with van der Waals surface area (Å²) in [6, 6.07) is -0.700. The molecule has 42 heavy (non-hydrogen) atoms. The number of hydrogen-bond donors (Lipinski definition) is 4. The van der Waals surface area contributed by atoms with Crippen LogP contribution in [0.2, 0.25) is 0 Å². The number of aliphatic hydroxyl groups is 3. The summed E-state index contributed by atoms with van der Waals surface area (Å²) in [5, 5.41) is 32.9. The Balaban J connectivity index is 2.23. The highest BCUT2D eigenvalue weighted by Crippen LogP contribution is 2.27. The van der Waals surface area contributed by atoms with Crippen molar-refractivity contribution in [2.75, 3.05) is 6.61 Å². The van der Waals surface area contributed by atoms with Gasteiger partial charge in [0, 0.05) is 12.3 Å². The van der Waals surface area contributed by atoms with Gasteiger partial charge in [0.1, 0.15) is 0 Å². The molecule has 1 rings (SSSR count). The molecule has 0 heterocycles. The van der Waals surface area contributed by atoms with E-state index in [4.69, 9.17) is 0 Å². The summed E-state index contributed by atoms with van der Waals surface area (Å²) < 4.78 is 0. The van der Waals surface area contributed by atoms with Crippen LogP contribution in [-0.4, -0.2) is 51.9 Å². The fourth-order valence-electron chi connectivity index (χ4n) is 5.28. The van der Waals surface area contributed by atoms with Gasteiger partial charge in [-0.1, -0.05) is 127 Å². The monoisotopic (exact) mass is 587 g/mol. The summed E-state index contributed by atoms with van der Waals surface area (Å²) in [6.45, 7) is 4.06. The third-order valence-electron chi connectivity index (χ3n) is 8.05. The summed E-state index contributed by atoms with van der Waals surface area (Å²) in [4.78, 5) is 24.6. The molecule has 5 atom stereocenters. The largest absolute Gasteiger partial charge is 0.394 e. The lowest BCUT2D eigenvalue weighted by Gasteiger charge is -2.19. The van der Waals surface area contributed by atoms with Crippen molar-refractivity contribution in [3.63, 3.8) is 0 Å². The van der Waals surface area contributed by atoms with Crippen molar-refractivity contribution in [1.82, 2.24) is 5.32 Å². The summed E-state index contributed by atoms with van der Waals surface area (Å²) in [7, 11) is 0. The van der Waals surface area contributed by atoms with Gasteiger partial charge in [0.05, 0.1) is 24.9 Å². The molecule has 6 heteroatoms. The molecule has 0 saturated heterocycles. The number of hydrogen-bond acceptors (Lipinski definition) is 5. The number of carbonyl (C=O) groups excluding carboxylic acids is 2. The molecule has 0 aliphatic heterocycles. The maximum atomic E-state index is 12.4. The van der Waals surface area contributed by atoms with E-state index in [0.29, 0.717) is 12.8 Å². The Kier molecular flexibility index (Phi) is 23.1. The molecule has 0 saturated carbocycles. The fourth-order valence-corrected chi connectivity index (χ4v) is 5.28. The van der Waals surface area contributed by atoms with Crippen LogP contribution < -0.4 is 5.32 Å². The average molecular weight is 588 g/mol. The lowest BCUT2D eigenvalue weighted by atomic mass is 9.90. The summed E-state index contributed by atoms with van der Waals surface area (Å²) in [5.74, 6) is -0.222. The van der Waals surface area contributed by atoms with Crippen LogP contribution in [0.25, 0.3) is 0 Å². The Morgan fingerprint density at radius 3 is 2.19 bits per heavy atom. The van der Waals surface area contributed by atoms with Crippen molar-refractivity contribution in [3.8, 4) is 0 Å². The van der Waals surface area contributed by atoms with Crippen molar-refractivity contribution in [3.05, 3.63) is 48.6 Å². The number of aliphatic hydroxyl groups excluding tert-OH is 3. The maximum Gasteiger partial charge on any atom is 0.220 e. The van der Waals surface area contributed by atoms with Gasteiger partial charge < -0.3 is 20.6 Å². The van der Waals surface area contributed by atoms with Crippen molar-refractivity contribution < 1.29 is 24.9 Å². The van der Waals surface area contributed by atoms with E-state index in [1.165, 1.54) is 51.4 Å². The molecule has 6 nitrogen and oxygen atoms in total. The van der Waals surface area contributed by atoms with Crippen LogP contribution in [0.3, 0.4) is 0 Å². The minimum absolute atomic E-state index is 0.0843. The number of amides is 1. The van der Waals surface area contributed by atoms with Gasteiger partial charge in [0.25, 0.3) is 0 Å². The molecule has 4 N–H and O–H groups in total. The Labute approximate surface area is 256 Å². The first-order chi connectivity index (χ1) is 20.4. The lowest BCUT2D eigenvalue weighted by Crippen LogP contribution is -2.45. The highest BCUT2D eigenvalue weighted by molar-refractivity contribution is 5.95. The number of rotatable bonds is 26. The topological polar surface area (TPSA) is 107 Å². The van der Waals surface area contributed by atoms with Crippen molar-refractivity contribution in [1.29, 1.82) is 0 Å². The fraction of sp³-hybridized carbons (Fsp3) is 0.722. The van der Waals surface area contributed by atoms with E-state index < -0.39 is 18.2 Å². The lowest BCUT2D eigenvalue weighted by molar-refractivity contribution is -0.123. The minimum atomic E-state index is -0.904. The number of nitrogens with one attached hydrogen (secondary N) is 1. The van der Waals surface area contributed by atoms with Gasteiger partial charge in [-0.2, -0.15) is 0 Å². The van der Waals surface area contributed by atoms with E-state index in [0.717, 1.165) is 51.4 Å². The van der Waals surface area contributed by atoms with Gasteiger partial charge in [-0.3, -0.25) is 9.59 Å². The molecule has 0 spiro atoms. The van der Waals surface area contributed by atoms with Crippen LogP contribution in [0.5, 0.6) is 0 Å². The highest BCUT2D eigenvalue weighted by Gasteiger charge is 2.27. The first-order valence-corrected chi connectivity index (χ1v) is 16.9. The molecule has 240 valence electrons. The van der Waals surface area contributed by atoms with Gasteiger partial charge in [-0.05, 0) is 50.5 Å². The summed E-state index contributed by atoms with van der Waals surface area (Å²) >= 11 is 0. The SMILES string of the molecule is CCCCCCCCCCC/C=C/[C@@H](O)[C@H](CO)NC(=O)CCC/C=C\C[C@H]1C=CC(=O)[C@@H]1/C=C/[C@@H](O)CCCCC. The highest BCUT2D eigenvalue weighted by atomic mass is 16.3. The van der Waals surface area contributed by atoms with Crippen LogP contribution in [-0.2, 0) is 9.59 Å². The second-order valence-corrected chi connectivity index (χ2v) is 11.9. The molecule has 0 aromatic carbocycles. The Bertz CT molecular complexity index is 818. The molecule has 1 amide bonds. The first kappa shape index (κ1) is 38.0. The third kappa shape index (κ3) is 18.5. The zero-order valence-electron chi connectivity index (χ0n) is 26.6. The van der Waals surface area contributed by atoms with Crippen molar-refractivity contribution >= 4 is 11.7 Å². The van der Waals surface area contributed by atoms with Gasteiger partial charge >= 0.3 is 0 Å². The number of carbonyl (C=O) groups is 2. The van der Waals surface area contributed by atoms with Gasteiger partial charge in [0.15, 0.2) is 5.78 Å². The smallest absolute Gasteiger partial charge is 0.220 e. The molecular formula is C36H61NO5. The standard InChI is InChI=1S/C36H61NO5/c1-3-5-7-8-9-10-11-12-13-14-19-23-35(41)33(29-38)37-36(42)24-20-16-15-18-21-30-25-28-34(40)32(30)27-26-31(39)22-17-6-4-2/h15,18-19,23,25-28,30-33,35,38-39,41H,3-14,16-17,20-22,24,29H2,1-2H3,(H,37,42)/b18-15-,23-19+,27-26+/t30-,31-,32+,33-,35+/m0/s1. The van der Waals surface area contributed by atoms with E-state index in [-0.39, 0.29) is 30.1 Å². The molecule has 0 unspecified atom stereocenters. The molecule has 0 radical (unpaired) electrons. The Hall–Kier alpha value is -2.02. The van der Waals surface area contributed by atoms with Crippen LogP contribution in [0.15, 0.2) is 48.6 Å². The zero-order chi connectivity index (χ0) is 30.8. The van der Waals surface area contributed by atoms with Crippen molar-refractivity contribution in [2.45, 2.75) is 148 Å². The summed E-state index contributed by atoms with van der Waals surface area (Å²) in [5.41, 5.74) is 0.